The number of halogens is 1. The molecule has 1 amide bonds. The normalized spacial score (nSPS) is 12.9. The Morgan fingerprint density at radius 3 is 2.64 bits per heavy atom. The smallest absolute Gasteiger partial charge is 0.339 e. The molecule has 0 atom stereocenters. The van der Waals surface area contributed by atoms with E-state index in [1.165, 1.54) is 61.1 Å². The number of hydrogen-bond acceptors (Lipinski definition) is 7. The van der Waals surface area contributed by atoms with Crippen LogP contribution in [-0.4, -0.2) is 47.3 Å². The number of carbonyl (C=O) groups excluding carboxylic acids is 2. The molecule has 186 valence electrons. The molecule has 0 aromatic heterocycles. The van der Waals surface area contributed by atoms with Crippen molar-refractivity contribution in [1.82, 2.24) is 0 Å². The number of benzene rings is 3. The highest BCUT2D eigenvalue weighted by Gasteiger charge is 2.31. The highest BCUT2D eigenvalue weighted by Crippen LogP contribution is 2.34. The predicted molar refractivity (Wildman–Crippen MR) is 136 cm³/mol. The van der Waals surface area contributed by atoms with Gasteiger partial charge in [-0.25, -0.2) is 13.2 Å². The number of methoxy groups -OCH3 is 1. The van der Waals surface area contributed by atoms with Crippen LogP contribution in [0.3, 0.4) is 0 Å². The second-order valence-corrected chi connectivity index (χ2v) is 10.1. The first kappa shape index (κ1) is 25.2. The minimum absolute atomic E-state index is 0.0303. The molecule has 11 heteroatoms. The molecule has 9 nitrogen and oxygen atoms in total. The fourth-order valence-electron chi connectivity index (χ4n) is 3.85. The largest absolute Gasteiger partial charge is 0.465 e. The molecule has 0 unspecified atom stereocenters. The highest BCUT2D eigenvalue weighted by atomic mass is 35.5. The Hall–Kier alpha value is -3.89. The Morgan fingerprint density at radius 1 is 1.08 bits per heavy atom. The van der Waals surface area contributed by atoms with Gasteiger partial charge in [0.2, 0.25) is 0 Å². The minimum Gasteiger partial charge on any atom is -0.465 e. The van der Waals surface area contributed by atoms with E-state index in [1.54, 1.807) is 24.3 Å². The van der Waals surface area contributed by atoms with Gasteiger partial charge in [0.1, 0.15) is 7.11 Å². The molecule has 3 aromatic carbocycles. The van der Waals surface area contributed by atoms with Crippen LogP contribution < -0.4 is 9.62 Å². The summed E-state index contributed by atoms with van der Waals surface area (Å²) in [5.74, 6) is -1.26. The Kier molecular flexibility index (Phi) is 7.27. The molecule has 4 rings (SSSR count). The van der Waals surface area contributed by atoms with Gasteiger partial charge in [0.25, 0.3) is 15.9 Å². The molecule has 1 N–H and O–H groups in total. The van der Waals surface area contributed by atoms with Gasteiger partial charge in [-0.15, -0.1) is 0 Å². The van der Waals surface area contributed by atoms with Crippen molar-refractivity contribution in [1.29, 1.82) is 0 Å². The fraction of sp³-hybridized carbons (Fsp3) is 0.160. The molecule has 1 heterocycles. The van der Waals surface area contributed by atoms with E-state index in [2.05, 4.69) is 15.3 Å². The van der Waals surface area contributed by atoms with E-state index in [4.69, 9.17) is 16.3 Å². The van der Waals surface area contributed by atoms with E-state index in [0.717, 1.165) is 5.56 Å². The molecule has 1 aliphatic heterocycles. The van der Waals surface area contributed by atoms with E-state index in [1.807, 2.05) is 0 Å². The molecule has 3 aromatic rings. The van der Waals surface area contributed by atoms with Crippen LogP contribution in [0.5, 0.6) is 0 Å². The average Bonchev–Trinajstić information content (AvgIpc) is 3.31. The number of carbonyl (C=O) groups is 2. The second-order valence-electron chi connectivity index (χ2n) is 7.80. The molecule has 0 radical (unpaired) electrons. The molecule has 0 saturated heterocycles. The summed E-state index contributed by atoms with van der Waals surface area (Å²) in [5.41, 5.74) is 2.35. The van der Waals surface area contributed by atoms with Crippen LogP contribution in [0.25, 0.3) is 0 Å². The topological polar surface area (TPSA) is 114 Å². The van der Waals surface area contributed by atoms with Crippen molar-refractivity contribution >= 4 is 51.1 Å². The first-order valence-corrected chi connectivity index (χ1v) is 12.6. The molecular weight excluding hydrogens is 506 g/mol. The predicted octanol–water partition coefficient (Wildman–Crippen LogP) is 4.11. The van der Waals surface area contributed by atoms with Gasteiger partial charge >= 0.3 is 5.97 Å². The Labute approximate surface area is 213 Å². The number of fused-ring (bicyclic) bond motifs is 1. The molecule has 0 fully saturated rings. The molecule has 0 saturated carbocycles. The van der Waals surface area contributed by atoms with Crippen molar-refractivity contribution in [3.63, 3.8) is 0 Å². The summed E-state index contributed by atoms with van der Waals surface area (Å²) in [7, 11) is -1.31. The van der Waals surface area contributed by atoms with Crippen LogP contribution in [0.15, 0.2) is 70.7 Å². The van der Waals surface area contributed by atoms with Crippen molar-refractivity contribution < 1.29 is 27.6 Å². The molecule has 0 bridgehead atoms. The average molecular weight is 528 g/mol. The number of ether oxygens (including phenoxy) is 1. The first-order chi connectivity index (χ1) is 17.2. The standard InChI is InChI=1S/C25H22ClN3O6S/c1-34-25(31)21-12-16(15-27-35-2)6-8-22(21)28-24(30)18-4-3-5-20(14-18)36(32,33)29-11-10-17-13-19(26)7-9-23(17)29/h3-9,12-15H,10-11H2,1-2H3,(H,28,30)/b27-15+. The highest BCUT2D eigenvalue weighted by molar-refractivity contribution is 7.92. The van der Waals surface area contributed by atoms with Gasteiger partial charge < -0.3 is 14.9 Å². The van der Waals surface area contributed by atoms with Crippen LogP contribution in [0.4, 0.5) is 11.4 Å². The SMILES string of the molecule is CO/N=C/c1ccc(NC(=O)c2cccc(S(=O)(=O)N3CCc4cc(Cl)ccc43)c2)c(C(=O)OC)c1. The number of amides is 1. The summed E-state index contributed by atoms with van der Waals surface area (Å²) in [4.78, 5) is 29.9. The molecule has 0 aliphatic carbocycles. The summed E-state index contributed by atoms with van der Waals surface area (Å²) in [6.07, 6.45) is 1.94. The maximum Gasteiger partial charge on any atom is 0.339 e. The summed E-state index contributed by atoms with van der Waals surface area (Å²) >= 11 is 6.04. The third-order valence-electron chi connectivity index (χ3n) is 5.58. The van der Waals surface area contributed by atoms with E-state index in [9.17, 15) is 18.0 Å². The van der Waals surface area contributed by atoms with Crippen molar-refractivity contribution in [3.8, 4) is 0 Å². The van der Waals surface area contributed by atoms with Gasteiger partial charge in [-0.2, -0.15) is 0 Å². The summed E-state index contributed by atoms with van der Waals surface area (Å²) in [5, 5.41) is 6.85. The summed E-state index contributed by atoms with van der Waals surface area (Å²) < 4.78 is 32.9. The zero-order valence-corrected chi connectivity index (χ0v) is 21.0. The number of sulfonamides is 1. The van der Waals surface area contributed by atoms with Crippen LogP contribution in [-0.2, 0) is 26.0 Å². The second kappa shape index (κ2) is 10.4. The molecular formula is C25H22ClN3O6S. The first-order valence-electron chi connectivity index (χ1n) is 10.8. The van der Waals surface area contributed by atoms with Gasteiger partial charge in [0, 0.05) is 17.1 Å². The lowest BCUT2D eigenvalue weighted by Crippen LogP contribution is -2.29. The van der Waals surface area contributed by atoms with Crippen LogP contribution in [0.2, 0.25) is 5.02 Å². The molecule has 0 spiro atoms. The number of hydrogen-bond donors (Lipinski definition) is 1. The lowest BCUT2D eigenvalue weighted by Gasteiger charge is -2.20. The van der Waals surface area contributed by atoms with Crippen LogP contribution >= 0.6 is 11.6 Å². The number of oxime groups is 1. The third kappa shape index (κ3) is 5.05. The van der Waals surface area contributed by atoms with Crippen molar-refractivity contribution in [2.24, 2.45) is 5.16 Å². The monoisotopic (exact) mass is 527 g/mol. The van der Waals surface area contributed by atoms with E-state index < -0.39 is 21.9 Å². The maximum atomic E-state index is 13.4. The van der Waals surface area contributed by atoms with Crippen LogP contribution in [0.1, 0.15) is 31.8 Å². The van der Waals surface area contributed by atoms with E-state index in [-0.39, 0.29) is 28.3 Å². The van der Waals surface area contributed by atoms with E-state index >= 15 is 0 Å². The summed E-state index contributed by atoms with van der Waals surface area (Å²) in [6, 6.07) is 15.4. The number of anilines is 2. The van der Waals surface area contributed by atoms with E-state index in [0.29, 0.717) is 22.7 Å². The number of nitrogens with zero attached hydrogens (tertiary/aromatic N) is 2. The summed E-state index contributed by atoms with van der Waals surface area (Å²) in [6.45, 7) is 0.273. The van der Waals surface area contributed by atoms with Gasteiger partial charge in [-0.1, -0.05) is 28.9 Å². The fourth-order valence-corrected chi connectivity index (χ4v) is 5.60. The van der Waals surface area contributed by atoms with Crippen molar-refractivity contribution in [2.75, 3.05) is 30.4 Å². The number of nitrogens with one attached hydrogen (secondary N) is 1. The number of esters is 1. The third-order valence-corrected chi connectivity index (χ3v) is 7.63. The quantitative estimate of drug-likeness (QED) is 0.281. The van der Waals surface area contributed by atoms with Gasteiger partial charge in [0.15, 0.2) is 0 Å². The minimum atomic E-state index is -3.92. The van der Waals surface area contributed by atoms with Crippen molar-refractivity contribution in [3.05, 3.63) is 87.9 Å². The molecule has 1 aliphatic rings. The Bertz CT molecular complexity index is 1470. The van der Waals surface area contributed by atoms with Gasteiger partial charge in [0.05, 0.1) is 35.2 Å². The van der Waals surface area contributed by atoms with Crippen molar-refractivity contribution in [2.45, 2.75) is 11.3 Å². The van der Waals surface area contributed by atoms with Gasteiger partial charge in [-0.3, -0.25) is 9.10 Å². The number of rotatable bonds is 7. The zero-order valence-electron chi connectivity index (χ0n) is 19.4. The Morgan fingerprint density at radius 2 is 1.89 bits per heavy atom. The maximum absolute atomic E-state index is 13.4. The lowest BCUT2D eigenvalue weighted by molar-refractivity contribution is 0.0602. The lowest BCUT2D eigenvalue weighted by atomic mass is 10.1. The zero-order chi connectivity index (χ0) is 25.9. The molecule has 36 heavy (non-hydrogen) atoms. The Balaban J connectivity index is 1.62. The van der Waals surface area contributed by atoms with Crippen LogP contribution in [0, 0.1) is 0 Å². The van der Waals surface area contributed by atoms with Gasteiger partial charge in [-0.05, 0) is 66.1 Å².